The van der Waals surface area contributed by atoms with Crippen LogP contribution in [0.4, 0.5) is 0 Å². The van der Waals surface area contributed by atoms with E-state index in [1.807, 2.05) is 62.4 Å². The van der Waals surface area contributed by atoms with Gasteiger partial charge in [-0.25, -0.2) is 0 Å². The van der Waals surface area contributed by atoms with Gasteiger partial charge in [-0.3, -0.25) is 0 Å². The van der Waals surface area contributed by atoms with E-state index in [-0.39, 0.29) is 6.61 Å². The van der Waals surface area contributed by atoms with E-state index < -0.39 is 0 Å². The molecule has 1 aliphatic rings. The monoisotopic (exact) mass is 355 g/mol. The van der Waals surface area contributed by atoms with Crippen LogP contribution in [-0.2, 0) is 6.54 Å². The van der Waals surface area contributed by atoms with E-state index in [4.69, 9.17) is 5.11 Å². The lowest BCUT2D eigenvalue weighted by molar-refractivity contribution is 0.291. The van der Waals surface area contributed by atoms with E-state index in [1.54, 1.807) is 12.1 Å². The number of para-hydroxylation sites is 1. The van der Waals surface area contributed by atoms with E-state index in [1.165, 1.54) is 12.8 Å². The van der Waals surface area contributed by atoms with E-state index in [0.717, 1.165) is 5.56 Å². The predicted octanol–water partition coefficient (Wildman–Crippen LogP) is 5.08. The van der Waals surface area contributed by atoms with Crippen LogP contribution in [0, 0.1) is 0 Å². The molecule has 0 radical (unpaired) electrons. The molecule has 0 bridgehead atoms. The Morgan fingerprint density at radius 3 is 1.69 bits per heavy atom. The second-order valence-electron chi connectivity index (χ2n) is 5.12. The molecule has 3 nitrogen and oxygen atoms in total. The molecule has 0 amide bonds. The maximum Gasteiger partial charge on any atom is 0.120 e. The van der Waals surface area contributed by atoms with Crippen molar-refractivity contribution in [1.82, 2.24) is 5.32 Å². The summed E-state index contributed by atoms with van der Waals surface area (Å²) >= 11 is 0. The molecule has 2 aromatic rings. The minimum absolute atomic E-state index is 0.119. The van der Waals surface area contributed by atoms with E-state index in [0.29, 0.717) is 18.8 Å². The molecule has 2 aromatic carbocycles. The number of phenolic OH excluding ortho intramolecular Hbond substituents is 1. The minimum atomic E-state index is 0.119. The Morgan fingerprint density at radius 2 is 1.31 bits per heavy atom. The number of hydrogen-bond donors (Lipinski definition) is 3. The molecule has 142 valence electrons. The summed E-state index contributed by atoms with van der Waals surface area (Å²) in [6, 6.07) is 19.1. The second kappa shape index (κ2) is 19.0. The molecular formula is C23H33NO2. The topological polar surface area (TPSA) is 52.5 Å². The Bertz CT molecular complexity index is 541. The Labute approximate surface area is 158 Å². The van der Waals surface area contributed by atoms with Gasteiger partial charge in [0, 0.05) is 18.7 Å². The number of allylic oxidation sites excluding steroid dienone is 4. The smallest absolute Gasteiger partial charge is 0.120 e. The normalized spacial score (nSPS) is 11.0. The van der Waals surface area contributed by atoms with Crippen molar-refractivity contribution in [3.05, 3.63) is 90.5 Å². The van der Waals surface area contributed by atoms with Crippen molar-refractivity contribution in [2.75, 3.05) is 13.2 Å². The summed E-state index contributed by atoms with van der Waals surface area (Å²) in [5.74, 6) is 0.294. The highest BCUT2D eigenvalue weighted by Crippen LogP contribution is 2.14. The molecule has 0 aliphatic heterocycles. The molecule has 0 unspecified atom stereocenters. The molecule has 0 saturated heterocycles. The molecule has 3 rings (SSSR count). The summed E-state index contributed by atoms with van der Waals surface area (Å²) in [6.07, 6.45) is 11.0. The number of nitrogens with one attached hydrogen (secondary N) is 1. The van der Waals surface area contributed by atoms with Gasteiger partial charge in [-0.05, 0) is 18.9 Å². The zero-order valence-electron chi connectivity index (χ0n) is 16.0. The van der Waals surface area contributed by atoms with Crippen LogP contribution >= 0.6 is 0 Å². The zero-order chi connectivity index (χ0) is 19.3. The number of aliphatic hydroxyl groups is 1. The van der Waals surface area contributed by atoms with Gasteiger partial charge in [0.1, 0.15) is 5.75 Å². The Balaban J connectivity index is 0.000000375. The fourth-order valence-electron chi connectivity index (χ4n) is 1.89. The van der Waals surface area contributed by atoms with E-state index >= 15 is 0 Å². The maximum absolute atomic E-state index is 9.31. The number of aliphatic hydroxyl groups excluding tert-OH is 1. The first-order valence-electron chi connectivity index (χ1n) is 9.24. The first-order valence-corrected chi connectivity index (χ1v) is 9.24. The number of phenols is 1. The van der Waals surface area contributed by atoms with Crippen LogP contribution < -0.4 is 5.32 Å². The molecule has 26 heavy (non-hydrogen) atoms. The quantitative estimate of drug-likeness (QED) is 0.670. The maximum atomic E-state index is 9.31. The molecule has 0 spiro atoms. The van der Waals surface area contributed by atoms with Crippen molar-refractivity contribution in [1.29, 1.82) is 0 Å². The fourth-order valence-corrected chi connectivity index (χ4v) is 1.89. The van der Waals surface area contributed by atoms with Crippen LogP contribution in [-0.4, -0.2) is 23.4 Å². The van der Waals surface area contributed by atoms with Gasteiger partial charge < -0.3 is 15.5 Å². The Hall–Kier alpha value is -2.36. The highest BCUT2D eigenvalue weighted by Gasteiger charge is 1.96. The van der Waals surface area contributed by atoms with Crippen LogP contribution in [0.25, 0.3) is 0 Å². The molecule has 1 aliphatic carbocycles. The number of hydrogen-bond acceptors (Lipinski definition) is 3. The highest BCUT2D eigenvalue weighted by molar-refractivity contribution is 5.31. The summed E-state index contributed by atoms with van der Waals surface area (Å²) in [5.41, 5.74) is 0.853. The van der Waals surface area contributed by atoms with E-state index in [2.05, 4.69) is 29.6 Å². The minimum Gasteiger partial charge on any atom is -0.508 e. The van der Waals surface area contributed by atoms with Gasteiger partial charge >= 0.3 is 0 Å². The fraction of sp³-hybridized carbons (Fsp3) is 0.304. The van der Waals surface area contributed by atoms with Crippen LogP contribution in [0.5, 0.6) is 5.75 Å². The average Bonchev–Trinajstić information content (AvgIpc) is 2.75. The molecule has 0 fully saturated rings. The summed E-state index contributed by atoms with van der Waals surface area (Å²) in [4.78, 5) is 0. The van der Waals surface area contributed by atoms with Gasteiger partial charge in [0.15, 0.2) is 0 Å². The van der Waals surface area contributed by atoms with Gasteiger partial charge in [-0.2, -0.15) is 0 Å². The molecule has 0 saturated carbocycles. The lowest BCUT2D eigenvalue weighted by Gasteiger charge is -2.04. The van der Waals surface area contributed by atoms with Gasteiger partial charge in [-0.15, -0.1) is 0 Å². The number of aromatic hydroxyl groups is 1. The predicted molar refractivity (Wildman–Crippen MR) is 112 cm³/mol. The van der Waals surface area contributed by atoms with Crippen LogP contribution in [0.2, 0.25) is 0 Å². The zero-order valence-corrected chi connectivity index (χ0v) is 16.0. The van der Waals surface area contributed by atoms with Gasteiger partial charge in [0.05, 0.1) is 6.61 Å². The highest BCUT2D eigenvalue weighted by atomic mass is 16.3. The Kier molecular flexibility index (Phi) is 17.2. The Morgan fingerprint density at radius 1 is 0.808 bits per heavy atom. The lowest BCUT2D eigenvalue weighted by Crippen LogP contribution is -2.17. The third kappa shape index (κ3) is 14.0. The standard InChI is InChI=1S/C9H13NO2.C6H8.C6H6.C2H6/c11-6-5-10-7-8-3-1-2-4-9(8)12;2*1-2-4-6-5-3-1;1-2/h1-4,10-12H,5-7H2;1-4H,5-6H2;1-6H;1-2H3. The molecular weight excluding hydrogens is 322 g/mol. The van der Waals surface area contributed by atoms with Gasteiger partial charge in [-0.1, -0.05) is 92.7 Å². The summed E-state index contributed by atoms with van der Waals surface area (Å²) < 4.78 is 0. The first-order chi connectivity index (χ1) is 12.8. The molecule has 0 aromatic heterocycles. The van der Waals surface area contributed by atoms with Crippen molar-refractivity contribution in [3.63, 3.8) is 0 Å². The van der Waals surface area contributed by atoms with Gasteiger partial charge in [0.25, 0.3) is 0 Å². The first kappa shape index (κ1) is 23.6. The van der Waals surface area contributed by atoms with Crippen molar-refractivity contribution >= 4 is 0 Å². The SMILES string of the molecule is C1=CCCC=C1.CC.OCCNCc1ccccc1O.c1ccccc1. The second-order valence-corrected chi connectivity index (χ2v) is 5.12. The molecule has 3 N–H and O–H groups in total. The van der Waals surface area contributed by atoms with Crippen molar-refractivity contribution in [2.45, 2.75) is 33.2 Å². The summed E-state index contributed by atoms with van der Waals surface area (Å²) in [7, 11) is 0. The largest absolute Gasteiger partial charge is 0.508 e. The van der Waals surface area contributed by atoms with Crippen LogP contribution in [0.15, 0.2) is 85.0 Å². The van der Waals surface area contributed by atoms with Crippen molar-refractivity contribution in [3.8, 4) is 5.75 Å². The van der Waals surface area contributed by atoms with Crippen molar-refractivity contribution in [2.24, 2.45) is 0 Å². The molecule has 0 heterocycles. The third-order valence-corrected chi connectivity index (χ3v) is 3.15. The van der Waals surface area contributed by atoms with Crippen molar-refractivity contribution < 1.29 is 10.2 Å². The lowest BCUT2D eigenvalue weighted by atomic mass is 10.2. The van der Waals surface area contributed by atoms with Crippen LogP contribution in [0.3, 0.4) is 0 Å². The van der Waals surface area contributed by atoms with Gasteiger partial charge in [0.2, 0.25) is 0 Å². The van der Waals surface area contributed by atoms with Crippen LogP contribution in [0.1, 0.15) is 32.3 Å². The molecule has 3 heteroatoms. The number of rotatable bonds is 4. The number of benzene rings is 2. The van der Waals surface area contributed by atoms with E-state index in [9.17, 15) is 5.11 Å². The third-order valence-electron chi connectivity index (χ3n) is 3.15. The summed E-state index contributed by atoms with van der Waals surface area (Å²) in [6.45, 7) is 5.26. The molecule has 0 atom stereocenters. The summed E-state index contributed by atoms with van der Waals surface area (Å²) in [5, 5.41) is 20.8. The average molecular weight is 356 g/mol.